The van der Waals surface area contributed by atoms with E-state index in [1.165, 1.54) is 17.3 Å². The minimum atomic E-state index is -0.386. The Balaban J connectivity index is 1.79. The Labute approximate surface area is 130 Å². The lowest BCUT2D eigenvalue weighted by Crippen LogP contribution is -2.12. The Bertz CT molecular complexity index is 647. The van der Waals surface area contributed by atoms with E-state index in [9.17, 15) is 4.79 Å². The summed E-state index contributed by atoms with van der Waals surface area (Å²) in [6, 6.07) is 6.04. The number of carbonyl (C=O) groups excluding carboxylic acids is 1. The average molecular weight is 302 g/mol. The van der Waals surface area contributed by atoms with Crippen LogP contribution >= 0.6 is 0 Å². The van der Waals surface area contributed by atoms with Gasteiger partial charge in [0.1, 0.15) is 19.0 Å². The molecule has 0 aliphatic carbocycles. The van der Waals surface area contributed by atoms with Gasteiger partial charge < -0.3 is 9.47 Å². The second kappa shape index (κ2) is 7.11. The maximum atomic E-state index is 11.7. The van der Waals surface area contributed by atoms with Crippen LogP contribution in [0, 0.1) is 6.92 Å². The highest BCUT2D eigenvalue weighted by Gasteiger charge is 2.09. The van der Waals surface area contributed by atoms with Crippen molar-refractivity contribution in [2.75, 3.05) is 13.2 Å². The summed E-state index contributed by atoms with van der Waals surface area (Å²) in [6.07, 6.45) is 3.11. The van der Waals surface area contributed by atoms with Gasteiger partial charge in [0.2, 0.25) is 0 Å². The Morgan fingerprint density at radius 1 is 1.32 bits per heavy atom. The standard InChI is InChI=1S/C17H22N2O3/c1-12(2)16-6-5-15(9-13(16)3)21-7-8-22-17(20)14-10-18-19(4)11-14/h5-6,9-12H,7-8H2,1-4H3. The van der Waals surface area contributed by atoms with Crippen molar-refractivity contribution in [1.29, 1.82) is 0 Å². The molecule has 0 unspecified atom stereocenters. The molecule has 1 aromatic carbocycles. The first-order valence-electron chi connectivity index (χ1n) is 7.36. The molecule has 2 rings (SSSR count). The van der Waals surface area contributed by atoms with Gasteiger partial charge >= 0.3 is 5.97 Å². The second-order valence-corrected chi connectivity index (χ2v) is 5.56. The lowest BCUT2D eigenvalue weighted by molar-refractivity contribution is 0.0450. The number of aromatic nitrogens is 2. The van der Waals surface area contributed by atoms with Crippen molar-refractivity contribution < 1.29 is 14.3 Å². The van der Waals surface area contributed by atoms with Gasteiger partial charge in [-0.05, 0) is 36.1 Å². The summed E-state index contributed by atoms with van der Waals surface area (Å²) in [5.74, 6) is 0.900. The molecule has 0 spiro atoms. The molecule has 0 N–H and O–H groups in total. The Morgan fingerprint density at radius 2 is 2.09 bits per heavy atom. The van der Waals surface area contributed by atoms with E-state index in [-0.39, 0.29) is 12.6 Å². The number of hydrogen-bond acceptors (Lipinski definition) is 4. The SMILES string of the molecule is Cc1cc(OCCOC(=O)c2cnn(C)c2)ccc1C(C)C. The summed E-state index contributed by atoms with van der Waals surface area (Å²) < 4.78 is 12.3. The van der Waals surface area contributed by atoms with Crippen molar-refractivity contribution in [3.8, 4) is 5.75 Å². The minimum Gasteiger partial charge on any atom is -0.490 e. The molecule has 5 heteroatoms. The lowest BCUT2D eigenvalue weighted by Gasteiger charge is -2.12. The summed E-state index contributed by atoms with van der Waals surface area (Å²) in [6.45, 7) is 6.94. The summed E-state index contributed by atoms with van der Waals surface area (Å²) in [4.78, 5) is 11.7. The molecule has 1 heterocycles. The molecule has 0 radical (unpaired) electrons. The van der Waals surface area contributed by atoms with Crippen molar-refractivity contribution >= 4 is 5.97 Å². The summed E-state index contributed by atoms with van der Waals surface area (Å²) in [5, 5.41) is 3.93. The van der Waals surface area contributed by atoms with Gasteiger partial charge in [-0.1, -0.05) is 19.9 Å². The molecule has 1 aromatic heterocycles. The summed E-state index contributed by atoms with van der Waals surface area (Å²) >= 11 is 0. The fourth-order valence-corrected chi connectivity index (χ4v) is 2.29. The first kappa shape index (κ1) is 16.1. The third-order valence-electron chi connectivity index (χ3n) is 3.39. The van der Waals surface area contributed by atoms with E-state index in [1.54, 1.807) is 17.9 Å². The molecule has 118 valence electrons. The van der Waals surface area contributed by atoms with Crippen LogP contribution in [0.25, 0.3) is 0 Å². The number of nitrogens with zero attached hydrogens (tertiary/aromatic N) is 2. The Kier molecular flexibility index (Phi) is 5.20. The molecule has 0 amide bonds. The number of carbonyl (C=O) groups is 1. The van der Waals surface area contributed by atoms with Crippen LogP contribution in [0.3, 0.4) is 0 Å². The van der Waals surface area contributed by atoms with Crippen LogP contribution in [-0.2, 0) is 11.8 Å². The zero-order valence-electron chi connectivity index (χ0n) is 13.5. The van der Waals surface area contributed by atoms with Crippen molar-refractivity contribution in [2.45, 2.75) is 26.7 Å². The molecule has 0 atom stereocenters. The second-order valence-electron chi connectivity index (χ2n) is 5.56. The fraction of sp³-hybridized carbons (Fsp3) is 0.412. The summed E-state index contributed by atoms with van der Waals surface area (Å²) in [7, 11) is 1.75. The molecule has 0 saturated carbocycles. The highest BCUT2D eigenvalue weighted by molar-refractivity contribution is 5.88. The van der Waals surface area contributed by atoms with Gasteiger partial charge in [0.15, 0.2) is 0 Å². The Hall–Kier alpha value is -2.30. The van der Waals surface area contributed by atoms with Gasteiger partial charge in [0.05, 0.1) is 11.8 Å². The van der Waals surface area contributed by atoms with Gasteiger partial charge in [0.25, 0.3) is 0 Å². The van der Waals surface area contributed by atoms with Crippen LogP contribution in [0.4, 0.5) is 0 Å². The van der Waals surface area contributed by atoms with Crippen molar-refractivity contribution in [3.05, 3.63) is 47.3 Å². The molecule has 0 fully saturated rings. The van der Waals surface area contributed by atoms with E-state index in [0.717, 1.165) is 5.75 Å². The number of hydrogen-bond donors (Lipinski definition) is 0. The van der Waals surface area contributed by atoms with Gasteiger partial charge in [0, 0.05) is 13.2 Å². The van der Waals surface area contributed by atoms with Gasteiger partial charge in [-0.3, -0.25) is 4.68 Å². The first-order chi connectivity index (χ1) is 10.5. The number of ether oxygens (including phenoxy) is 2. The summed E-state index contributed by atoms with van der Waals surface area (Å²) in [5.41, 5.74) is 2.97. The molecule has 0 bridgehead atoms. The van der Waals surface area contributed by atoms with Gasteiger partial charge in [-0.2, -0.15) is 5.10 Å². The van der Waals surface area contributed by atoms with E-state index < -0.39 is 0 Å². The van der Waals surface area contributed by atoms with Crippen molar-refractivity contribution in [1.82, 2.24) is 9.78 Å². The third-order valence-corrected chi connectivity index (χ3v) is 3.39. The number of benzene rings is 1. The molecular weight excluding hydrogens is 280 g/mol. The smallest absolute Gasteiger partial charge is 0.341 e. The lowest BCUT2D eigenvalue weighted by atomic mass is 9.98. The molecule has 2 aromatic rings. The highest BCUT2D eigenvalue weighted by Crippen LogP contribution is 2.23. The molecule has 0 aliphatic heterocycles. The molecule has 22 heavy (non-hydrogen) atoms. The quantitative estimate of drug-likeness (QED) is 0.608. The van der Waals surface area contributed by atoms with E-state index in [0.29, 0.717) is 18.1 Å². The van der Waals surface area contributed by atoms with E-state index in [1.807, 2.05) is 12.1 Å². The van der Waals surface area contributed by atoms with Crippen LogP contribution in [0.1, 0.15) is 41.3 Å². The largest absolute Gasteiger partial charge is 0.490 e. The average Bonchev–Trinajstić information content (AvgIpc) is 2.90. The fourth-order valence-electron chi connectivity index (χ4n) is 2.29. The van der Waals surface area contributed by atoms with Crippen molar-refractivity contribution in [2.24, 2.45) is 7.05 Å². The molecule has 5 nitrogen and oxygen atoms in total. The van der Waals surface area contributed by atoms with Crippen LogP contribution < -0.4 is 4.74 Å². The van der Waals surface area contributed by atoms with E-state index in [2.05, 4.69) is 31.9 Å². The first-order valence-corrected chi connectivity index (χ1v) is 7.36. The topological polar surface area (TPSA) is 53.4 Å². The number of aryl methyl sites for hydroxylation is 2. The van der Waals surface area contributed by atoms with Crippen LogP contribution in [-0.4, -0.2) is 29.0 Å². The van der Waals surface area contributed by atoms with E-state index >= 15 is 0 Å². The Morgan fingerprint density at radius 3 is 2.68 bits per heavy atom. The predicted octanol–water partition coefficient (Wildman–Crippen LogP) is 3.09. The zero-order chi connectivity index (χ0) is 16.1. The van der Waals surface area contributed by atoms with Gasteiger partial charge in [-0.25, -0.2) is 4.79 Å². The predicted molar refractivity (Wildman–Crippen MR) is 84.3 cm³/mol. The maximum absolute atomic E-state index is 11.7. The monoisotopic (exact) mass is 302 g/mol. The maximum Gasteiger partial charge on any atom is 0.341 e. The third kappa shape index (κ3) is 4.10. The number of rotatable bonds is 6. The highest BCUT2D eigenvalue weighted by atomic mass is 16.6. The number of esters is 1. The molecule has 0 aliphatic rings. The van der Waals surface area contributed by atoms with Crippen LogP contribution in [0.15, 0.2) is 30.6 Å². The van der Waals surface area contributed by atoms with E-state index in [4.69, 9.17) is 9.47 Å². The molecular formula is C17H22N2O3. The van der Waals surface area contributed by atoms with Crippen LogP contribution in [0.2, 0.25) is 0 Å². The zero-order valence-corrected chi connectivity index (χ0v) is 13.5. The van der Waals surface area contributed by atoms with Gasteiger partial charge in [-0.15, -0.1) is 0 Å². The minimum absolute atomic E-state index is 0.207. The normalized spacial score (nSPS) is 10.8. The van der Waals surface area contributed by atoms with Crippen LogP contribution in [0.5, 0.6) is 5.75 Å². The van der Waals surface area contributed by atoms with Crippen molar-refractivity contribution in [3.63, 3.8) is 0 Å². The molecule has 0 saturated heterocycles.